The van der Waals surface area contributed by atoms with Crippen LogP contribution in [0.15, 0.2) is 0 Å². The normalized spacial score (nSPS) is 9.31. The van der Waals surface area contributed by atoms with Gasteiger partial charge in [0.1, 0.15) is 0 Å². The molecule has 0 aliphatic carbocycles. The molecular weight excluding hydrogens is 350 g/mol. The van der Waals surface area contributed by atoms with Gasteiger partial charge in [-0.25, -0.2) is 0 Å². The molecule has 26 heavy (non-hydrogen) atoms. The van der Waals surface area contributed by atoms with Crippen molar-refractivity contribution in [3.63, 3.8) is 0 Å². The van der Waals surface area contributed by atoms with Crippen LogP contribution in [0.3, 0.4) is 0 Å². The molecule has 0 rings (SSSR count). The smallest absolute Gasteiger partial charge is 0.550 e. The van der Waals surface area contributed by atoms with Gasteiger partial charge < -0.3 is 19.8 Å². The SMILES string of the molecule is CC(=O)[O-].CCCCCCCCCCCCCCCCCC(=O)[O-].[Na+].[Na+]. The van der Waals surface area contributed by atoms with Crippen LogP contribution in [0.2, 0.25) is 0 Å². The van der Waals surface area contributed by atoms with Crippen molar-refractivity contribution >= 4 is 11.9 Å². The Kier molecular flexibility index (Phi) is 40.6. The predicted octanol–water partition coefficient (Wildman–Crippen LogP) is -2.24. The van der Waals surface area contributed by atoms with Gasteiger partial charge in [0.2, 0.25) is 0 Å². The van der Waals surface area contributed by atoms with Crippen molar-refractivity contribution in [2.45, 2.75) is 117 Å². The van der Waals surface area contributed by atoms with Gasteiger partial charge in [0.05, 0.1) is 0 Å². The maximum atomic E-state index is 10.2. The third-order valence-electron chi connectivity index (χ3n) is 3.98. The molecular formula is C20H38Na2O4. The number of carbonyl (C=O) groups is 2. The van der Waals surface area contributed by atoms with Crippen molar-refractivity contribution in [1.82, 2.24) is 0 Å². The van der Waals surface area contributed by atoms with Gasteiger partial charge in [-0.05, 0) is 19.8 Å². The van der Waals surface area contributed by atoms with Crippen molar-refractivity contribution in [2.75, 3.05) is 0 Å². The van der Waals surface area contributed by atoms with Crippen molar-refractivity contribution in [1.29, 1.82) is 0 Å². The predicted molar refractivity (Wildman–Crippen MR) is 95.2 cm³/mol. The Morgan fingerprint density at radius 1 is 0.577 bits per heavy atom. The summed E-state index contributed by atoms with van der Waals surface area (Å²) in [5.41, 5.74) is 0. The van der Waals surface area contributed by atoms with Gasteiger partial charge in [-0.1, -0.05) is 96.8 Å². The van der Waals surface area contributed by atoms with Crippen LogP contribution in [0.25, 0.3) is 0 Å². The number of carboxylic acid groups (broad SMARTS) is 2. The Hall–Kier alpha value is 0.940. The second-order valence-corrected chi connectivity index (χ2v) is 6.56. The first-order chi connectivity index (χ1) is 11.5. The Bertz CT molecular complexity index is 283. The molecule has 0 aromatic rings. The molecule has 0 radical (unpaired) electrons. The third kappa shape index (κ3) is 44.4. The Labute approximate surface area is 205 Å². The van der Waals surface area contributed by atoms with Crippen molar-refractivity contribution in [3.8, 4) is 0 Å². The first kappa shape index (κ1) is 34.4. The first-order valence-electron chi connectivity index (χ1n) is 9.88. The molecule has 144 valence electrons. The monoisotopic (exact) mass is 388 g/mol. The molecule has 0 saturated heterocycles. The summed E-state index contributed by atoms with van der Waals surface area (Å²) in [6.45, 7) is 3.24. The van der Waals surface area contributed by atoms with Gasteiger partial charge in [0, 0.05) is 11.9 Å². The Balaban J connectivity index is -0.000000363. The fourth-order valence-corrected chi connectivity index (χ4v) is 2.64. The maximum absolute atomic E-state index is 10.2. The summed E-state index contributed by atoms with van der Waals surface area (Å²) in [6.07, 6.45) is 19.9. The summed E-state index contributed by atoms with van der Waals surface area (Å²) in [6, 6.07) is 0. The number of unbranched alkanes of at least 4 members (excludes halogenated alkanes) is 14. The average Bonchev–Trinajstić information content (AvgIpc) is 2.50. The molecule has 0 spiro atoms. The van der Waals surface area contributed by atoms with E-state index in [1.54, 1.807) is 0 Å². The van der Waals surface area contributed by atoms with Crippen LogP contribution < -0.4 is 69.3 Å². The zero-order chi connectivity index (χ0) is 18.5. The van der Waals surface area contributed by atoms with Gasteiger partial charge in [-0.15, -0.1) is 0 Å². The van der Waals surface area contributed by atoms with Gasteiger partial charge in [-0.2, -0.15) is 0 Å². The molecule has 6 heteroatoms. The average molecular weight is 389 g/mol. The van der Waals surface area contributed by atoms with E-state index in [1.807, 2.05) is 0 Å². The van der Waals surface area contributed by atoms with E-state index in [-0.39, 0.29) is 65.5 Å². The van der Waals surface area contributed by atoms with E-state index in [2.05, 4.69) is 6.92 Å². The minimum atomic E-state index is -1.08. The van der Waals surface area contributed by atoms with Crippen LogP contribution in [0.5, 0.6) is 0 Å². The van der Waals surface area contributed by atoms with E-state index >= 15 is 0 Å². The minimum absolute atomic E-state index is 0. The van der Waals surface area contributed by atoms with Crippen LogP contribution in [0, 0.1) is 0 Å². The number of carboxylic acids is 2. The Morgan fingerprint density at radius 3 is 1.04 bits per heavy atom. The molecule has 0 aromatic heterocycles. The summed E-state index contributed by atoms with van der Waals surface area (Å²) in [4.78, 5) is 19.1. The first-order valence-corrected chi connectivity index (χ1v) is 9.88. The summed E-state index contributed by atoms with van der Waals surface area (Å²) in [5, 5.41) is 19.1. The summed E-state index contributed by atoms with van der Waals surface area (Å²) in [7, 11) is 0. The number of rotatable bonds is 16. The number of hydrogen-bond acceptors (Lipinski definition) is 4. The topological polar surface area (TPSA) is 80.3 Å². The van der Waals surface area contributed by atoms with Gasteiger partial charge in [0.15, 0.2) is 0 Å². The van der Waals surface area contributed by atoms with E-state index in [4.69, 9.17) is 9.90 Å². The van der Waals surface area contributed by atoms with Crippen LogP contribution in [-0.4, -0.2) is 11.9 Å². The van der Waals surface area contributed by atoms with Crippen LogP contribution in [-0.2, 0) is 9.59 Å². The quantitative estimate of drug-likeness (QED) is 0.221. The summed E-state index contributed by atoms with van der Waals surface area (Å²) >= 11 is 0. The van der Waals surface area contributed by atoms with E-state index in [9.17, 15) is 9.90 Å². The van der Waals surface area contributed by atoms with Crippen molar-refractivity contribution < 1.29 is 78.9 Å². The summed E-state index contributed by atoms with van der Waals surface area (Å²) < 4.78 is 0. The van der Waals surface area contributed by atoms with Crippen molar-refractivity contribution in [3.05, 3.63) is 0 Å². The summed E-state index contributed by atoms with van der Waals surface area (Å²) in [5.74, 6) is -1.99. The third-order valence-corrected chi connectivity index (χ3v) is 3.98. The molecule has 4 nitrogen and oxygen atoms in total. The molecule has 0 atom stereocenters. The Morgan fingerprint density at radius 2 is 0.808 bits per heavy atom. The van der Waals surface area contributed by atoms with Crippen molar-refractivity contribution in [2.24, 2.45) is 0 Å². The van der Waals surface area contributed by atoms with Crippen LogP contribution in [0.4, 0.5) is 0 Å². The fraction of sp³-hybridized carbons (Fsp3) is 0.900. The molecule has 0 N–H and O–H groups in total. The standard InChI is InChI=1S/C18H36O2.C2H4O2.2Na/c1-2-3-4-5-6-7-8-9-10-11-12-13-14-15-16-17-18(19)20;1-2(3)4;;/h2-17H2,1H3,(H,19,20);1H3,(H,3,4);;/q;;2*+1/p-2. The molecule has 0 fully saturated rings. The second kappa shape index (κ2) is 30.7. The molecule has 0 aliphatic rings. The van der Waals surface area contributed by atoms with Crippen LogP contribution >= 0.6 is 0 Å². The zero-order valence-corrected chi connectivity index (χ0v) is 21.9. The zero-order valence-electron chi connectivity index (χ0n) is 17.9. The molecule has 0 saturated carbocycles. The van der Waals surface area contributed by atoms with E-state index < -0.39 is 11.9 Å². The molecule has 0 unspecified atom stereocenters. The van der Waals surface area contributed by atoms with E-state index in [1.165, 1.54) is 83.5 Å². The van der Waals surface area contributed by atoms with Crippen LogP contribution in [0.1, 0.15) is 117 Å². The molecule has 0 aliphatic heterocycles. The largest absolute Gasteiger partial charge is 1.00 e. The number of hydrogen-bond donors (Lipinski definition) is 0. The molecule has 0 aromatic carbocycles. The van der Waals surface area contributed by atoms with E-state index in [0.717, 1.165) is 19.8 Å². The maximum Gasteiger partial charge on any atom is 1.00 e. The molecule has 0 bridgehead atoms. The van der Waals surface area contributed by atoms with E-state index in [0.29, 0.717) is 0 Å². The molecule has 0 amide bonds. The number of aliphatic carboxylic acids is 2. The van der Waals surface area contributed by atoms with Gasteiger partial charge >= 0.3 is 59.1 Å². The minimum Gasteiger partial charge on any atom is -0.550 e. The van der Waals surface area contributed by atoms with Gasteiger partial charge in [0.25, 0.3) is 0 Å². The fourth-order valence-electron chi connectivity index (χ4n) is 2.64. The second-order valence-electron chi connectivity index (χ2n) is 6.56. The molecule has 0 heterocycles. The number of carbonyl (C=O) groups excluding carboxylic acids is 2. The van der Waals surface area contributed by atoms with Gasteiger partial charge in [-0.3, -0.25) is 0 Å².